The van der Waals surface area contributed by atoms with E-state index in [2.05, 4.69) is 40.3 Å². The molecule has 0 aliphatic heterocycles. The summed E-state index contributed by atoms with van der Waals surface area (Å²) in [5.41, 5.74) is 6.71. The van der Waals surface area contributed by atoms with Gasteiger partial charge in [0.25, 0.3) is 6.47 Å². The Morgan fingerprint density at radius 3 is 2.13 bits per heavy atom. The molecular formula is C28H38N4O6. The van der Waals surface area contributed by atoms with Gasteiger partial charge in [0.2, 0.25) is 11.8 Å². The molecule has 1 atom stereocenters. The SMILES string of the molecule is CC(C)C[C@@H](NC(=O)OCC1c2ccccc2-c2ccccc21)C(=O)NCCCCCC(=O)NN.O=CO. The van der Waals surface area contributed by atoms with Crippen LogP contribution in [0.4, 0.5) is 4.79 Å². The highest BCUT2D eigenvalue weighted by Gasteiger charge is 2.30. The van der Waals surface area contributed by atoms with E-state index in [1.807, 2.05) is 38.1 Å². The molecule has 10 heteroatoms. The molecule has 2 aromatic rings. The predicted octanol–water partition coefficient (Wildman–Crippen LogP) is 3.31. The maximum atomic E-state index is 12.7. The molecule has 206 valence electrons. The third-order valence-corrected chi connectivity index (χ3v) is 6.20. The van der Waals surface area contributed by atoms with Gasteiger partial charge in [0.1, 0.15) is 12.6 Å². The maximum Gasteiger partial charge on any atom is 0.407 e. The zero-order valence-corrected chi connectivity index (χ0v) is 21.9. The normalized spacial score (nSPS) is 12.3. The van der Waals surface area contributed by atoms with Crippen LogP contribution in [-0.2, 0) is 19.1 Å². The van der Waals surface area contributed by atoms with E-state index < -0.39 is 12.1 Å². The van der Waals surface area contributed by atoms with E-state index in [9.17, 15) is 14.4 Å². The molecule has 0 heterocycles. The third kappa shape index (κ3) is 9.19. The summed E-state index contributed by atoms with van der Waals surface area (Å²) in [5, 5.41) is 12.5. The van der Waals surface area contributed by atoms with E-state index in [0.717, 1.165) is 35.1 Å². The molecule has 1 aliphatic carbocycles. The monoisotopic (exact) mass is 526 g/mol. The molecular weight excluding hydrogens is 488 g/mol. The number of carboxylic acid groups (broad SMARTS) is 1. The van der Waals surface area contributed by atoms with Crippen LogP contribution in [0.2, 0.25) is 0 Å². The molecule has 0 saturated heterocycles. The van der Waals surface area contributed by atoms with Crippen molar-refractivity contribution in [3.63, 3.8) is 0 Å². The first-order valence-electron chi connectivity index (χ1n) is 12.8. The number of carbonyl (C=O) groups is 4. The molecule has 0 unspecified atom stereocenters. The summed E-state index contributed by atoms with van der Waals surface area (Å²) in [6, 6.07) is 15.6. The second kappa shape index (κ2) is 16.0. The smallest absolute Gasteiger partial charge is 0.407 e. The standard InChI is InChI=1S/C27H36N4O4.CH2O2/c1-18(2)16-24(26(33)29-15-9-3-4-14-25(32)31-28)30-27(34)35-17-23-21-12-7-5-10-19(21)20-11-6-8-13-22(20)23;2-1-3/h5-8,10-13,18,23-24H,3-4,9,14-17,28H2,1-2H3,(H,29,33)(H,30,34)(H,31,32);1H,(H,2,3)/t24-;/m1./s1. The largest absolute Gasteiger partial charge is 0.483 e. The lowest BCUT2D eigenvalue weighted by Gasteiger charge is -2.21. The fourth-order valence-corrected chi connectivity index (χ4v) is 4.48. The number of ether oxygens (including phenoxy) is 1. The average Bonchev–Trinajstić information content (AvgIpc) is 3.22. The topological polar surface area (TPSA) is 160 Å². The summed E-state index contributed by atoms with van der Waals surface area (Å²) in [6.45, 7) is 4.43. The second-order valence-corrected chi connectivity index (χ2v) is 9.43. The summed E-state index contributed by atoms with van der Waals surface area (Å²) >= 11 is 0. The van der Waals surface area contributed by atoms with Gasteiger partial charge in [-0.1, -0.05) is 68.8 Å². The van der Waals surface area contributed by atoms with Crippen LogP contribution in [0, 0.1) is 5.92 Å². The van der Waals surface area contributed by atoms with Crippen LogP contribution in [0.15, 0.2) is 48.5 Å². The lowest BCUT2D eigenvalue weighted by atomic mass is 9.98. The Labute approximate surface area is 223 Å². The Hall–Kier alpha value is -3.92. The zero-order chi connectivity index (χ0) is 27.9. The van der Waals surface area contributed by atoms with E-state index >= 15 is 0 Å². The first-order valence-corrected chi connectivity index (χ1v) is 12.8. The molecule has 0 fully saturated rings. The molecule has 1 aliphatic rings. The fraction of sp³-hybridized carbons (Fsp3) is 0.429. The number of benzene rings is 2. The summed E-state index contributed by atoms with van der Waals surface area (Å²) < 4.78 is 5.61. The van der Waals surface area contributed by atoms with Gasteiger partial charge in [-0.3, -0.25) is 19.8 Å². The number of alkyl carbamates (subject to hydrolysis) is 1. The third-order valence-electron chi connectivity index (χ3n) is 6.20. The predicted molar refractivity (Wildman–Crippen MR) is 144 cm³/mol. The molecule has 0 aromatic heterocycles. The van der Waals surface area contributed by atoms with Crippen molar-refractivity contribution >= 4 is 24.4 Å². The summed E-state index contributed by atoms with van der Waals surface area (Å²) in [6.07, 6.45) is 2.51. The van der Waals surface area contributed by atoms with Crippen LogP contribution in [0.25, 0.3) is 11.1 Å². The number of fused-ring (bicyclic) bond motifs is 3. The lowest BCUT2D eigenvalue weighted by Crippen LogP contribution is -2.48. The van der Waals surface area contributed by atoms with Gasteiger partial charge in [-0.2, -0.15) is 0 Å². The van der Waals surface area contributed by atoms with Crippen molar-refractivity contribution in [3.05, 3.63) is 59.7 Å². The second-order valence-electron chi connectivity index (χ2n) is 9.43. The van der Waals surface area contributed by atoms with Gasteiger partial charge in [-0.25, -0.2) is 10.6 Å². The van der Waals surface area contributed by atoms with Crippen molar-refractivity contribution in [3.8, 4) is 11.1 Å². The summed E-state index contributed by atoms with van der Waals surface area (Å²) in [5.74, 6) is 4.82. The number of hydrazine groups is 1. The molecule has 6 N–H and O–H groups in total. The van der Waals surface area contributed by atoms with Crippen LogP contribution in [0.1, 0.15) is 63.0 Å². The van der Waals surface area contributed by atoms with Crippen molar-refractivity contribution < 1.29 is 29.0 Å². The highest BCUT2D eigenvalue weighted by molar-refractivity contribution is 5.85. The molecule has 0 radical (unpaired) electrons. The van der Waals surface area contributed by atoms with Crippen LogP contribution < -0.4 is 21.9 Å². The van der Waals surface area contributed by atoms with Crippen LogP contribution in [-0.4, -0.2) is 48.7 Å². The average molecular weight is 527 g/mol. The number of nitrogens with one attached hydrogen (secondary N) is 3. The molecule has 3 amide bonds. The van der Waals surface area contributed by atoms with Crippen molar-refractivity contribution in [1.29, 1.82) is 0 Å². The van der Waals surface area contributed by atoms with Gasteiger partial charge in [0, 0.05) is 18.9 Å². The number of rotatable bonds is 12. The molecule has 3 rings (SSSR count). The van der Waals surface area contributed by atoms with Crippen molar-refractivity contribution in [2.75, 3.05) is 13.2 Å². The van der Waals surface area contributed by atoms with Gasteiger partial charge in [-0.05, 0) is 47.4 Å². The van der Waals surface area contributed by atoms with E-state index in [-0.39, 0.29) is 36.7 Å². The Kier molecular flexibility index (Phi) is 12.8. The summed E-state index contributed by atoms with van der Waals surface area (Å²) in [7, 11) is 0. The van der Waals surface area contributed by atoms with Gasteiger partial charge < -0.3 is 20.5 Å². The van der Waals surface area contributed by atoms with E-state index in [0.29, 0.717) is 25.8 Å². The number of amides is 3. The number of unbranched alkanes of at least 4 members (excludes halogenated alkanes) is 2. The van der Waals surface area contributed by atoms with Crippen LogP contribution >= 0.6 is 0 Å². The number of carbonyl (C=O) groups excluding carboxylic acids is 3. The highest BCUT2D eigenvalue weighted by atomic mass is 16.5. The minimum absolute atomic E-state index is 0.0353. The molecule has 0 spiro atoms. The van der Waals surface area contributed by atoms with Gasteiger partial charge in [-0.15, -0.1) is 0 Å². The summed E-state index contributed by atoms with van der Waals surface area (Å²) in [4.78, 5) is 44.9. The molecule has 0 saturated carbocycles. The first kappa shape index (κ1) is 30.3. The van der Waals surface area contributed by atoms with Crippen molar-refractivity contribution in [2.45, 2.75) is 57.9 Å². The van der Waals surface area contributed by atoms with Gasteiger partial charge in [0.15, 0.2) is 0 Å². The maximum absolute atomic E-state index is 12.7. The number of nitrogens with two attached hydrogens (primary N) is 1. The Morgan fingerprint density at radius 2 is 1.58 bits per heavy atom. The van der Waals surface area contributed by atoms with Gasteiger partial charge >= 0.3 is 6.09 Å². The minimum atomic E-state index is -0.673. The van der Waals surface area contributed by atoms with Gasteiger partial charge in [0.05, 0.1) is 0 Å². The van der Waals surface area contributed by atoms with Crippen molar-refractivity contribution in [1.82, 2.24) is 16.1 Å². The molecule has 10 nitrogen and oxygen atoms in total. The van der Waals surface area contributed by atoms with E-state index in [1.54, 1.807) is 0 Å². The van der Waals surface area contributed by atoms with Crippen molar-refractivity contribution in [2.24, 2.45) is 11.8 Å². The lowest BCUT2D eigenvalue weighted by molar-refractivity contribution is -0.124. The first-order chi connectivity index (χ1) is 18.3. The number of hydrogen-bond donors (Lipinski definition) is 5. The minimum Gasteiger partial charge on any atom is -0.483 e. The highest BCUT2D eigenvalue weighted by Crippen LogP contribution is 2.44. The molecule has 0 bridgehead atoms. The Balaban J connectivity index is 0.00000161. The number of hydrogen-bond acceptors (Lipinski definition) is 6. The van der Waals surface area contributed by atoms with Crippen LogP contribution in [0.5, 0.6) is 0 Å². The molecule has 38 heavy (non-hydrogen) atoms. The molecule has 2 aromatic carbocycles. The van der Waals surface area contributed by atoms with Crippen LogP contribution in [0.3, 0.4) is 0 Å². The van der Waals surface area contributed by atoms with E-state index in [4.69, 9.17) is 20.5 Å². The quantitative estimate of drug-likeness (QED) is 0.0932. The Morgan fingerprint density at radius 1 is 1.00 bits per heavy atom. The fourth-order valence-electron chi connectivity index (χ4n) is 4.48. The van der Waals surface area contributed by atoms with E-state index in [1.165, 1.54) is 0 Å². The Bertz CT molecular complexity index is 1030. The zero-order valence-electron chi connectivity index (χ0n) is 21.9.